The molecule has 6 heteroatoms. The molecule has 0 bridgehead atoms. The molecule has 3 N–H and O–H groups in total. The summed E-state index contributed by atoms with van der Waals surface area (Å²) in [5.74, 6) is -2.06. The number of carbonyl (C=O) groups excluding carboxylic acids is 1. The van der Waals surface area contributed by atoms with E-state index in [1.54, 1.807) is 12.1 Å². The predicted octanol–water partition coefficient (Wildman–Crippen LogP) is 1.91. The summed E-state index contributed by atoms with van der Waals surface area (Å²) in [6.45, 7) is 0.268. The van der Waals surface area contributed by atoms with Crippen LogP contribution in [0.3, 0.4) is 0 Å². The predicted molar refractivity (Wildman–Crippen MR) is 71.0 cm³/mol. The second-order valence-electron chi connectivity index (χ2n) is 4.19. The van der Waals surface area contributed by atoms with Crippen LogP contribution in [0.4, 0.5) is 14.6 Å². The van der Waals surface area contributed by atoms with Gasteiger partial charge in [-0.2, -0.15) is 0 Å². The van der Waals surface area contributed by atoms with Crippen LogP contribution in [0.25, 0.3) is 0 Å². The summed E-state index contributed by atoms with van der Waals surface area (Å²) in [5.41, 5.74) is 5.88. The molecule has 0 aliphatic carbocycles. The first-order chi connectivity index (χ1) is 9.58. The molecule has 0 fully saturated rings. The molecule has 0 radical (unpaired) electrons. The Morgan fingerprint density at radius 1 is 1.30 bits per heavy atom. The average Bonchev–Trinajstić information content (AvgIpc) is 2.42. The van der Waals surface area contributed by atoms with Crippen LogP contribution in [0.1, 0.15) is 15.9 Å². The van der Waals surface area contributed by atoms with Crippen LogP contribution < -0.4 is 11.1 Å². The van der Waals surface area contributed by atoms with Crippen molar-refractivity contribution < 1.29 is 13.6 Å². The first kappa shape index (κ1) is 13.9. The zero-order chi connectivity index (χ0) is 14.5. The summed E-state index contributed by atoms with van der Waals surface area (Å²) in [4.78, 5) is 15.3. The third-order valence-electron chi connectivity index (χ3n) is 2.75. The molecule has 20 heavy (non-hydrogen) atoms. The molecule has 0 saturated carbocycles. The number of nitrogens with two attached hydrogens (primary N) is 1. The van der Waals surface area contributed by atoms with Crippen LogP contribution in [0, 0.1) is 11.6 Å². The van der Waals surface area contributed by atoms with Crippen LogP contribution in [-0.4, -0.2) is 17.4 Å². The Kier molecular flexibility index (Phi) is 4.24. The average molecular weight is 277 g/mol. The number of halogens is 2. The van der Waals surface area contributed by atoms with Gasteiger partial charge in [0.15, 0.2) is 11.6 Å². The monoisotopic (exact) mass is 277 g/mol. The van der Waals surface area contributed by atoms with Crippen molar-refractivity contribution in [3.63, 3.8) is 0 Å². The quantitative estimate of drug-likeness (QED) is 0.897. The Morgan fingerprint density at radius 2 is 2.10 bits per heavy atom. The lowest BCUT2D eigenvalue weighted by atomic mass is 10.1. The highest BCUT2D eigenvalue weighted by atomic mass is 19.1. The number of hydrogen-bond acceptors (Lipinski definition) is 3. The second-order valence-corrected chi connectivity index (χ2v) is 4.19. The Balaban J connectivity index is 1.94. The van der Waals surface area contributed by atoms with Crippen LogP contribution in [0.5, 0.6) is 0 Å². The lowest BCUT2D eigenvalue weighted by Crippen LogP contribution is -2.27. The van der Waals surface area contributed by atoms with Crippen LogP contribution in [0.2, 0.25) is 0 Å². The Hall–Kier alpha value is -2.50. The summed E-state index contributed by atoms with van der Waals surface area (Å²) in [5, 5.41) is 2.55. The first-order valence-electron chi connectivity index (χ1n) is 6.00. The molecule has 1 amide bonds. The number of nitrogens with zero attached hydrogens (tertiary/aromatic N) is 1. The zero-order valence-electron chi connectivity index (χ0n) is 10.6. The summed E-state index contributed by atoms with van der Waals surface area (Å²) >= 11 is 0. The molecular formula is C14H13F2N3O. The number of hydrogen-bond donors (Lipinski definition) is 2. The molecule has 2 aromatic rings. The smallest absolute Gasteiger partial charge is 0.254 e. The maximum atomic E-state index is 13.6. The Labute approximate surface area is 114 Å². The van der Waals surface area contributed by atoms with E-state index >= 15 is 0 Å². The van der Waals surface area contributed by atoms with Crippen molar-refractivity contribution in [1.82, 2.24) is 10.3 Å². The van der Waals surface area contributed by atoms with Crippen molar-refractivity contribution >= 4 is 11.7 Å². The summed E-state index contributed by atoms with van der Waals surface area (Å²) < 4.78 is 26.5. The molecule has 2 rings (SSSR count). The fraction of sp³-hybridized carbons (Fsp3) is 0.143. The number of carbonyl (C=O) groups is 1. The normalized spacial score (nSPS) is 10.3. The minimum absolute atomic E-state index is 0.156. The fourth-order valence-corrected chi connectivity index (χ4v) is 1.74. The van der Waals surface area contributed by atoms with E-state index in [9.17, 15) is 13.6 Å². The third-order valence-corrected chi connectivity index (χ3v) is 2.75. The number of anilines is 1. The number of aromatic nitrogens is 1. The standard InChI is InChI=1S/C14H13F2N3O/c15-10-3-1-2-9(8-10)4-6-19-14(20)11-5-7-18-13(17)12(11)16/h1-3,5,7-8H,4,6H2,(H2,17,18)(H,19,20). The third kappa shape index (κ3) is 3.28. The minimum Gasteiger partial charge on any atom is -0.381 e. The van der Waals surface area contributed by atoms with Crippen molar-refractivity contribution in [3.05, 3.63) is 59.3 Å². The van der Waals surface area contributed by atoms with Gasteiger partial charge in [-0.1, -0.05) is 12.1 Å². The topological polar surface area (TPSA) is 68.0 Å². The molecule has 0 unspecified atom stereocenters. The summed E-state index contributed by atoms with van der Waals surface area (Å²) in [6, 6.07) is 7.33. The highest BCUT2D eigenvalue weighted by Gasteiger charge is 2.13. The molecule has 4 nitrogen and oxygen atoms in total. The molecule has 1 aromatic carbocycles. The van der Waals surface area contributed by atoms with Crippen LogP contribution in [0.15, 0.2) is 36.5 Å². The Bertz CT molecular complexity index is 632. The van der Waals surface area contributed by atoms with Crippen LogP contribution in [-0.2, 0) is 6.42 Å². The van der Waals surface area contributed by atoms with Gasteiger partial charge in [-0.3, -0.25) is 4.79 Å². The van der Waals surface area contributed by atoms with Crippen LogP contribution >= 0.6 is 0 Å². The maximum absolute atomic E-state index is 13.6. The number of benzene rings is 1. The van der Waals surface area contributed by atoms with E-state index in [0.717, 1.165) is 5.56 Å². The lowest BCUT2D eigenvalue weighted by molar-refractivity contribution is 0.0950. The van der Waals surface area contributed by atoms with Gasteiger partial charge < -0.3 is 11.1 Å². The summed E-state index contributed by atoms with van der Waals surface area (Å²) in [7, 11) is 0. The van der Waals surface area contributed by atoms with Gasteiger partial charge in [0, 0.05) is 12.7 Å². The van der Waals surface area contributed by atoms with Gasteiger partial charge in [0.25, 0.3) is 5.91 Å². The molecule has 0 atom stereocenters. The molecule has 0 spiro atoms. The van der Waals surface area contributed by atoms with Crippen molar-refractivity contribution in [3.8, 4) is 0 Å². The fourth-order valence-electron chi connectivity index (χ4n) is 1.74. The molecule has 0 aliphatic heterocycles. The molecule has 1 aromatic heterocycles. The van der Waals surface area contributed by atoms with Gasteiger partial charge in [-0.25, -0.2) is 13.8 Å². The number of pyridine rings is 1. The lowest BCUT2D eigenvalue weighted by Gasteiger charge is -2.07. The summed E-state index contributed by atoms with van der Waals surface area (Å²) in [6.07, 6.45) is 1.71. The maximum Gasteiger partial charge on any atom is 0.254 e. The number of nitrogen functional groups attached to an aromatic ring is 1. The van der Waals surface area contributed by atoms with Crippen molar-refractivity contribution in [2.75, 3.05) is 12.3 Å². The van der Waals surface area contributed by atoms with E-state index in [2.05, 4.69) is 10.3 Å². The Morgan fingerprint density at radius 3 is 2.85 bits per heavy atom. The van der Waals surface area contributed by atoms with E-state index in [1.165, 1.54) is 24.4 Å². The van der Waals surface area contributed by atoms with Gasteiger partial charge >= 0.3 is 0 Å². The van der Waals surface area contributed by atoms with E-state index in [4.69, 9.17) is 5.73 Å². The van der Waals surface area contributed by atoms with E-state index in [-0.39, 0.29) is 23.7 Å². The van der Waals surface area contributed by atoms with Gasteiger partial charge in [-0.05, 0) is 30.2 Å². The molecular weight excluding hydrogens is 264 g/mol. The van der Waals surface area contributed by atoms with Gasteiger partial charge in [0.05, 0.1) is 5.56 Å². The highest BCUT2D eigenvalue weighted by molar-refractivity contribution is 5.95. The highest BCUT2D eigenvalue weighted by Crippen LogP contribution is 2.11. The molecule has 0 aliphatic rings. The van der Waals surface area contributed by atoms with Gasteiger partial charge in [-0.15, -0.1) is 0 Å². The van der Waals surface area contributed by atoms with E-state index in [1.807, 2.05) is 0 Å². The number of amides is 1. The SMILES string of the molecule is Nc1nccc(C(=O)NCCc2cccc(F)c2)c1F. The number of nitrogens with one attached hydrogen (secondary N) is 1. The molecule has 104 valence electrons. The van der Waals surface area contributed by atoms with Gasteiger partial charge in [0.2, 0.25) is 0 Å². The van der Waals surface area contributed by atoms with E-state index in [0.29, 0.717) is 6.42 Å². The molecule has 0 saturated heterocycles. The minimum atomic E-state index is -0.837. The van der Waals surface area contributed by atoms with Gasteiger partial charge in [0.1, 0.15) is 5.82 Å². The number of rotatable bonds is 4. The van der Waals surface area contributed by atoms with Crippen molar-refractivity contribution in [2.24, 2.45) is 0 Å². The van der Waals surface area contributed by atoms with Crippen molar-refractivity contribution in [1.29, 1.82) is 0 Å². The van der Waals surface area contributed by atoms with Crippen molar-refractivity contribution in [2.45, 2.75) is 6.42 Å². The second kappa shape index (κ2) is 6.10. The largest absolute Gasteiger partial charge is 0.381 e. The van der Waals surface area contributed by atoms with E-state index < -0.39 is 11.7 Å². The first-order valence-corrected chi connectivity index (χ1v) is 6.00. The molecule has 1 heterocycles. The zero-order valence-corrected chi connectivity index (χ0v) is 10.6.